The molecular formula is C16H28N4O3. The first-order valence-corrected chi connectivity index (χ1v) is 8.47. The lowest BCUT2D eigenvalue weighted by Crippen LogP contribution is -2.53. The van der Waals surface area contributed by atoms with Crippen LogP contribution in [0.4, 0.5) is 4.79 Å². The Morgan fingerprint density at radius 3 is 2.43 bits per heavy atom. The molecule has 1 saturated heterocycles. The van der Waals surface area contributed by atoms with E-state index in [1.165, 1.54) is 0 Å². The second-order valence-electron chi connectivity index (χ2n) is 7.14. The molecule has 4 amide bonds. The second kappa shape index (κ2) is 6.86. The van der Waals surface area contributed by atoms with Gasteiger partial charge in [-0.3, -0.25) is 9.59 Å². The Labute approximate surface area is 137 Å². The number of urea groups is 1. The van der Waals surface area contributed by atoms with Crippen LogP contribution >= 0.6 is 0 Å². The largest absolute Gasteiger partial charge is 0.350 e. The molecule has 4 N–H and O–H groups in total. The van der Waals surface area contributed by atoms with Crippen molar-refractivity contribution in [2.24, 2.45) is 11.7 Å². The fourth-order valence-corrected chi connectivity index (χ4v) is 3.53. The number of nitrogens with zero attached hydrogens (tertiary/aromatic N) is 1. The fraction of sp³-hybridized carbons (Fsp3) is 0.812. The van der Waals surface area contributed by atoms with Crippen molar-refractivity contribution in [2.75, 3.05) is 6.54 Å². The molecule has 0 aromatic rings. The maximum Gasteiger partial charge on any atom is 0.325 e. The molecule has 7 nitrogen and oxygen atoms in total. The van der Waals surface area contributed by atoms with Crippen molar-refractivity contribution < 1.29 is 14.4 Å². The molecule has 130 valence electrons. The van der Waals surface area contributed by atoms with Gasteiger partial charge in [0.2, 0.25) is 5.91 Å². The first kappa shape index (κ1) is 17.7. The van der Waals surface area contributed by atoms with Crippen LogP contribution in [0.25, 0.3) is 0 Å². The Morgan fingerprint density at radius 1 is 1.30 bits per heavy atom. The predicted molar refractivity (Wildman–Crippen MR) is 86.5 cm³/mol. The molecule has 1 aliphatic carbocycles. The van der Waals surface area contributed by atoms with E-state index in [0.29, 0.717) is 25.3 Å². The molecule has 2 aliphatic rings. The van der Waals surface area contributed by atoms with E-state index >= 15 is 0 Å². The number of nitrogens with two attached hydrogens (primary N) is 1. The number of hydrogen-bond donors (Lipinski definition) is 3. The quantitative estimate of drug-likeness (QED) is 0.626. The Hall–Kier alpha value is -1.63. The number of imide groups is 1. The van der Waals surface area contributed by atoms with Gasteiger partial charge < -0.3 is 16.4 Å². The minimum Gasteiger partial charge on any atom is -0.350 e. The SMILES string of the molecule is CC(C)CC(CN)NC(=O)C(C)N1C(=O)NC2(CCCC2)C1=O. The van der Waals surface area contributed by atoms with Crippen LogP contribution in [0.1, 0.15) is 52.9 Å². The summed E-state index contributed by atoms with van der Waals surface area (Å²) in [4.78, 5) is 38.4. The monoisotopic (exact) mass is 324 g/mol. The van der Waals surface area contributed by atoms with Crippen LogP contribution in [0.3, 0.4) is 0 Å². The lowest BCUT2D eigenvalue weighted by atomic mass is 9.97. The summed E-state index contributed by atoms with van der Waals surface area (Å²) >= 11 is 0. The summed E-state index contributed by atoms with van der Waals surface area (Å²) in [7, 11) is 0. The number of nitrogens with one attached hydrogen (secondary N) is 2. The normalized spacial score (nSPS) is 22.6. The Balaban J connectivity index is 2.04. The summed E-state index contributed by atoms with van der Waals surface area (Å²) in [5.41, 5.74) is 4.92. The smallest absolute Gasteiger partial charge is 0.325 e. The summed E-state index contributed by atoms with van der Waals surface area (Å²) in [5, 5.41) is 5.65. The van der Waals surface area contributed by atoms with E-state index in [-0.39, 0.29) is 17.9 Å². The molecule has 1 aliphatic heterocycles. The highest BCUT2D eigenvalue weighted by molar-refractivity contribution is 6.09. The Kier molecular flexibility index (Phi) is 5.29. The molecule has 1 saturated carbocycles. The lowest BCUT2D eigenvalue weighted by molar-refractivity contribution is -0.138. The van der Waals surface area contributed by atoms with E-state index in [9.17, 15) is 14.4 Å². The van der Waals surface area contributed by atoms with Gasteiger partial charge in [0.1, 0.15) is 11.6 Å². The summed E-state index contributed by atoms with van der Waals surface area (Å²) in [5.74, 6) is -0.201. The maximum absolute atomic E-state index is 12.7. The molecule has 0 bridgehead atoms. The predicted octanol–water partition coefficient (Wildman–Crippen LogP) is 0.729. The Bertz CT molecular complexity index is 486. The zero-order valence-corrected chi connectivity index (χ0v) is 14.2. The average Bonchev–Trinajstić information content (AvgIpc) is 3.03. The average molecular weight is 324 g/mol. The van der Waals surface area contributed by atoms with Gasteiger partial charge >= 0.3 is 6.03 Å². The van der Waals surface area contributed by atoms with Gasteiger partial charge in [0, 0.05) is 12.6 Å². The molecule has 1 heterocycles. The van der Waals surface area contributed by atoms with E-state index in [0.717, 1.165) is 24.2 Å². The van der Waals surface area contributed by atoms with Gasteiger partial charge in [-0.2, -0.15) is 0 Å². The van der Waals surface area contributed by atoms with Gasteiger partial charge in [0.05, 0.1) is 0 Å². The highest BCUT2D eigenvalue weighted by Crippen LogP contribution is 2.35. The van der Waals surface area contributed by atoms with E-state index in [1.807, 2.05) is 0 Å². The van der Waals surface area contributed by atoms with Gasteiger partial charge in [-0.05, 0) is 32.1 Å². The number of amides is 4. The molecule has 7 heteroatoms. The molecular weight excluding hydrogens is 296 g/mol. The molecule has 1 spiro atoms. The van der Waals surface area contributed by atoms with Crippen molar-refractivity contribution in [1.29, 1.82) is 0 Å². The summed E-state index contributed by atoms with van der Waals surface area (Å²) in [6, 6.07) is -1.44. The molecule has 0 aromatic carbocycles. The van der Waals surface area contributed by atoms with Gasteiger partial charge in [-0.1, -0.05) is 26.7 Å². The molecule has 23 heavy (non-hydrogen) atoms. The van der Waals surface area contributed by atoms with Gasteiger partial charge in [0.25, 0.3) is 5.91 Å². The lowest BCUT2D eigenvalue weighted by Gasteiger charge is -2.26. The Morgan fingerprint density at radius 2 is 1.91 bits per heavy atom. The van der Waals surface area contributed by atoms with E-state index < -0.39 is 17.6 Å². The van der Waals surface area contributed by atoms with Crippen LogP contribution in [-0.2, 0) is 9.59 Å². The number of hydrogen-bond acceptors (Lipinski definition) is 4. The molecule has 0 radical (unpaired) electrons. The van der Waals surface area contributed by atoms with E-state index in [2.05, 4.69) is 24.5 Å². The summed E-state index contributed by atoms with van der Waals surface area (Å²) in [6.45, 7) is 6.03. The zero-order valence-electron chi connectivity index (χ0n) is 14.2. The van der Waals surface area contributed by atoms with Crippen molar-refractivity contribution in [3.63, 3.8) is 0 Å². The third kappa shape index (κ3) is 3.49. The zero-order chi connectivity index (χ0) is 17.2. The number of carbonyl (C=O) groups is 3. The molecule has 2 atom stereocenters. The van der Waals surface area contributed by atoms with Gasteiger partial charge in [-0.25, -0.2) is 9.69 Å². The maximum atomic E-state index is 12.7. The summed E-state index contributed by atoms with van der Waals surface area (Å²) < 4.78 is 0. The van der Waals surface area contributed by atoms with Crippen molar-refractivity contribution in [3.05, 3.63) is 0 Å². The third-order valence-electron chi connectivity index (χ3n) is 4.80. The topological polar surface area (TPSA) is 105 Å². The van der Waals surface area contributed by atoms with E-state index in [1.54, 1.807) is 6.92 Å². The third-order valence-corrected chi connectivity index (χ3v) is 4.80. The number of rotatable bonds is 6. The molecule has 2 unspecified atom stereocenters. The molecule has 0 aromatic heterocycles. The molecule has 2 fully saturated rings. The van der Waals surface area contributed by atoms with Crippen molar-refractivity contribution in [2.45, 2.75) is 70.5 Å². The van der Waals surface area contributed by atoms with Crippen LogP contribution in [0, 0.1) is 5.92 Å². The van der Waals surface area contributed by atoms with Crippen molar-refractivity contribution >= 4 is 17.8 Å². The molecule has 2 rings (SSSR count). The highest BCUT2D eigenvalue weighted by atomic mass is 16.2. The minimum atomic E-state index is -0.830. The van der Waals surface area contributed by atoms with Crippen LogP contribution in [-0.4, -0.2) is 46.9 Å². The second-order valence-corrected chi connectivity index (χ2v) is 7.14. The highest BCUT2D eigenvalue weighted by Gasteiger charge is 2.54. The van der Waals surface area contributed by atoms with Crippen LogP contribution in [0.15, 0.2) is 0 Å². The first-order chi connectivity index (χ1) is 10.8. The van der Waals surface area contributed by atoms with Gasteiger partial charge in [0.15, 0.2) is 0 Å². The van der Waals surface area contributed by atoms with Crippen molar-refractivity contribution in [1.82, 2.24) is 15.5 Å². The summed E-state index contributed by atoms with van der Waals surface area (Å²) in [6.07, 6.45) is 3.91. The van der Waals surface area contributed by atoms with Crippen LogP contribution < -0.4 is 16.4 Å². The minimum absolute atomic E-state index is 0.147. The van der Waals surface area contributed by atoms with Gasteiger partial charge in [-0.15, -0.1) is 0 Å². The fourth-order valence-electron chi connectivity index (χ4n) is 3.53. The number of carbonyl (C=O) groups excluding carboxylic acids is 3. The standard InChI is InChI=1S/C16H28N4O3/c1-10(2)8-12(9-17)18-13(21)11(3)20-14(22)16(19-15(20)23)6-4-5-7-16/h10-12H,4-9,17H2,1-3H3,(H,18,21)(H,19,23). The van der Waals surface area contributed by atoms with Crippen molar-refractivity contribution in [3.8, 4) is 0 Å². The van der Waals surface area contributed by atoms with Crippen LogP contribution in [0.5, 0.6) is 0 Å². The first-order valence-electron chi connectivity index (χ1n) is 8.47. The van der Waals surface area contributed by atoms with Crippen LogP contribution in [0.2, 0.25) is 0 Å². The van der Waals surface area contributed by atoms with E-state index in [4.69, 9.17) is 5.73 Å².